The topological polar surface area (TPSA) is 42.7 Å². The van der Waals surface area contributed by atoms with Gasteiger partial charge in [0.25, 0.3) is 0 Å². The molecule has 0 saturated carbocycles. The first kappa shape index (κ1) is 12.6. The highest BCUT2D eigenvalue weighted by Gasteiger charge is 2.00. The van der Waals surface area contributed by atoms with E-state index < -0.39 is 0 Å². The summed E-state index contributed by atoms with van der Waals surface area (Å²) in [6.45, 7) is 1.54. The van der Waals surface area contributed by atoms with E-state index in [9.17, 15) is 0 Å². The van der Waals surface area contributed by atoms with Crippen LogP contribution in [0.3, 0.4) is 0 Å². The SMILES string of the molecule is c1ccc(-n2cc(CNCc3ccccn3)cn2)cc1. The van der Waals surface area contributed by atoms with Gasteiger partial charge in [0.15, 0.2) is 0 Å². The van der Waals surface area contributed by atoms with Gasteiger partial charge < -0.3 is 5.32 Å². The molecule has 0 saturated heterocycles. The van der Waals surface area contributed by atoms with Gasteiger partial charge in [0.2, 0.25) is 0 Å². The predicted octanol–water partition coefficient (Wildman–Crippen LogP) is 2.56. The first-order valence-corrected chi connectivity index (χ1v) is 6.61. The molecule has 4 heteroatoms. The van der Waals surface area contributed by atoms with Gasteiger partial charge in [-0.2, -0.15) is 5.10 Å². The van der Waals surface area contributed by atoms with E-state index in [0.29, 0.717) is 0 Å². The summed E-state index contributed by atoms with van der Waals surface area (Å²) in [5.74, 6) is 0. The van der Waals surface area contributed by atoms with E-state index in [0.717, 1.165) is 30.0 Å². The molecule has 0 unspecified atom stereocenters. The van der Waals surface area contributed by atoms with Crippen molar-refractivity contribution in [1.82, 2.24) is 20.1 Å². The average molecular weight is 264 g/mol. The third kappa shape index (κ3) is 3.10. The van der Waals surface area contributed by atoms with Crippen LogP contribution in [0.25, 0.3) is 5.69 Å². The maximum Gasteiger partial charge on any atom is 0.0645 e. The van der Waals surface area contributed by atoms with Crippen LogP contribution in [0.1, 0.15) is 11.3 Å². The molecule has 1 N–H and O–H groups in total. The molecule has 3 aromatic rings. The van der Waals surface area contributed by atoms with Crippen molar-refractivity contribution in [2.45, 2.75) is 13.1 Å². The highest BCUT2D eigenvalue weighted by Crippen LogP contribution is 2.07. The molecule has 0 aliphatic rings. The Hall–Kier alpha value is -2.46. The number of benzene rings is 1. The summed E-state index contributed by atoms with van der Waals surface area (Å²) in [4.78, 5) is 4.28. The van der Waals surface area contributed by atoms with Gasteiger partial charge >= 0.3 is 0 Å². The number of rotatable bonds is 5. The monoisotopic (exact) mass is 264 g/mol. The van der Waals surface area contributed by atoms with Crippen molar-refractivity contribution in [1.29, 1.82) is 0 Å². The number of nitrogens with zero attached hydrogens (tertiary/aromatic N) is 3. The second-order valence-electron chi connectivity index (χ2n) is 4.55. The number of nitrogens with one attached hydrogen (secondary N) is 1. The van der Waals surface area contributed by atoms with Crippen molar-refractivity contribution in [3.63, 3.8) is 0 Å². The molecule has 4 nitrogen and oxygen atoms in total. The number of pyridine rings is 1. The molecule has 3 rings (SSSR count). The van der Waals surface area contributed by atoms with Crippen LogP contribution in [-0.2, 0) is 13.1 Å². The lowest BCUT2D eigenvalue weighted by molar-refractivity contribution is 0.679. The second-order valence-corrected chi connectivity index (χ2v) is 4.55. The van der Waals surface area contributed by atoms with Gasteiger partial charge in [0.05, 0.1) is 17.6 Å². The fourth-order valence-electron chi connectivity index (χ4n) is 2.01. The minimum Gasteiger partial charge on any atom is -0.307 e. The molecular formula is C16H16N4. The van der Waals surface area contributed by atoms with Gasteiger partial charge in [0, 0.05) is 31.0 Å². The molecule has 0 bridgehead atoms. The summed E-state index contributed by atoms with van der Waals surface area (Å²) in [7, 11) is 0. The molecule has 0 aliphatic heterocycles. The second kappa shape index (κ2) is 6.12. The fraction of sp³-hybridized carbons (Fsp3) is 0.125. The van der Waals surface area contributed by atoms with E-state index in [-0.39, 0.29) is 0 Å². The molecule has 0 amide bonds. The zero-order chi connectivity index (χ0) is 13.6. The largest absolute Gasteiger partial charge is 0.307 e. The molecule has 0 aliphatic carbocycles. The Morgan fingerprint density at radius 1 is 0.950 bits per heavy atom. The third-order valence-electron chi connectivity index (χ3n) is 3.02. The first-order chi connectivity index (χ1) is 9.92. The van der Waals surface area contributed by atoms with E-state index in [1.807, 2.05) is 71.8 Å². The zero-order valence-corrected chi connectivity index (χ0v) is 11.1. The van der Waals surface area contributed by atoms with Gasteiger partial charge in [0.1, 0.15) is 0 Å². The van der Waals surface area contributed by atoms with Crippen LogP contribution in [0.5, 0.6) is 0 Å². The Balaban J connectivity index is 1.58. The smallest absolute Gasteiger partial charge is 0.0645 e. The van der Waals surface area contributed by atoms with Crippen LogP contribution in [-0.4, -0.2) is 14.8 Å². The van der Waals surface area contributed by atoms with Crippen LogP contribution >= 0.6 is 0 Å². The van der Waals surface area contributed by atoms with Gasteiger partial charge in [-0.15, -0.1) is 0 Å². The minimum absolute atomic E-state index is 0.761. The van der Waals surface area contributed by atoms with Gasteiger partial charge in [-0.1, -0.05) is 24.3 Å². The summed E-state index contributed by atoms with van der Waals surface area (Å²) in [5, 5.41) is 7.74. The van der Waals surface area contributed by atoms with Crippen molar-refractivity contribution in [3.8, 4) is 5.69 Å². The normalized spacial score (nSPS) is 10.6. The van der Waals surface area contributed by atoms with Crippen molar-refractivity contribution in [2.75, 3.05) is 0 Å². The lowest BCUT2D eigenvalue weighted by Crippen LogP contribution is -2.13. The van der Waals surface area contributed by atoms with E-state index in [2.05, 4.69) is 15.4 Å². The highest BCUT2D eigenvalue weighted by molar-refractivity contribution is 5.30. The number of hydrogen-bond donors (Lipinski definition) is 1. The van der Waals surface area contributed by atoms with Crippen molar-refractivity contribution < 1.29 is 0 Å². The standard InChI is InChI=1S/C16H16N4/c1-2-7-16(8-3-1)20-13-14(11-19-20)10-17-12-15-6-4-5-9-18-15/h1-9,11,13,17H,10,12H2. The number of aromatic nitrogens is 3. The van der Waals surface area contributed by atoms with Crippen LogP contribution < -0.4 is 5.32 Å². The Labute approximate surface area is 118 Å². The van der Waals surface area contributed by atoms with Gasteiger partial charge in [-0.25, -0.2) is 4.68 Å². The average Bonchev–Trinajstić information content (AvgIpc) is 2.98. The maximum absolute atomic E-state index is 4.37. The van der Waals surface area contributed by atoms with E-state index in [4.69, 9.17) is 0 Å². The maximum atomic E-state index is 4.37. The summed E-state index contributed by atoms with van der Waals surface area (Å²) >= 11 is 0. The van der Waals surface area contributed by atoms with E-state index in [1.54, 1.807) is 0 Å². The molecule has 1 aromatic carbocycles. The minimum atomic E-state index is 0.761. The highest BCUT2D eigenvalue weighted by atomic mass is 15.3. The molecule has 2 heterocycles. The molecule has 100 valence electrons. The summed E-state index contributed by atoms with van der Waals surface area (Å²) < 4.78 is 1.89. The molecule has 0 atom stereocenters. The number of para-hydroxylation sites is 1. The summed E-state index contributed by atoms with van der Waals surface area (Å²) in [6.07, 6.45) is 5.74. The molecule has 20 heavy (non-hydrogen) atoms. The molecular weight excluding hydrogens is 248 g/mol. The predicted molar refractivity (Wildman–Crippen MR) is 78.3 cm³/mol. The Morgan fingerprint density at radius 2 is 1.80 bits per heavy atom. The third-order valence-corrected chi connectivity index (χ3v) is 3.02. The first-order valence-electron chi connectivity index (χ1n) is 6.61. The Kier molecular flexibility index (Phi) is 3.85. The van der Waals surface area contributed by atoms with Crippen molar-refractivity contribution in [2.24, 2.45) is 0 Å². The van der Waals surface area contributed by atoms with Crippen LogP contribution in [0.2, 0.25) is 0 Å². The van der Waals surface area contributed by atoms with Crippen LogP contribution in [0, 0.1) is 0 Å². The molecule has 0 spiro atoms. The van der Waals surface area contributed by atoms with Gasteiger partial charge in [-0.05, 0) is 24.3 Å². The molecule has 2 aromatic heterocycles. The van der Waals surface area contributed by atoms with E-state index in [1.165, 1.54) is 0 Å². The van der Waals surface area contributed by atoms with Crippen molar-refractivity contribution in [3.05, 3.63) is 78.4 Å². The fourth-order valence-corrected chi connectivity index (χ4v) is 2.01. The quantitative estimate of drug-likeness (QED) is 0.770. The summed E-state index contributed by atoms with van der Waals surface area (Å²) in [5.41, 5.74) is 3.27. The Bertz CT molecular complexity index is 647. The van der Waals surface area contributed by atoms with Crippen LogP contribution in [0.4, 0.5) is 0 Å². The van der Waals surface area contributed by atoms with Gasteiger partial charge in [-0.3, -0.25) is 4.98 Å². The molecule has 0 radical (unpaired) electrons. The zero-order valence-electron chi connectivity index (χ0n) is 11.1. The lowest BCUT2D eigenvalue weighted by atomic mass is 10.3. The van der Waals surface area contributed by atoms with Crippen LogP contribution in [0.15, 0.2) is 67.1 Å². The number of hydrogen-bond acceptors (Lipinski definition) is 3. The Morgan fingerprint density at radius 3 is 2.60 bits per heavy atom. The summed E-state index contributed by atoms with van der Waals surface area (Å²) in [6, 6.07) is 16.0. The molecule has 0 fully saturated rings. The van der Waals surface area contributed by atoms with E-state index >= 15 is 0 Å². The lowest BCUT2D eigenvalue weighted by Gasteiger charge is -2.02. The van der Waals surface area contributed by atoms with Crippen molar-refractivity contribution >= 4 is 0 Å².